The van der Waals surface area contributed by atoms with E-state index in [1.807, 2.05) is 25.1 Å². The summed E-state index contributed by atoms with van der Waals surface area (Å²) in [6.45, 7) is 4.07. The van der Waals surface area contributed by atoms with E-state index in [1.54, 1.807) is 56.3 Å². The molecule has 0 radical (unpaired) electrons. The average Bonchev–Trinajstić information content (AvgIpc) is 2.81. The van der Waals surface area contributed by atoms with Crippen molar-refractivity contribution in [3.63, 3.8) is 0 Å². The number of aryl methyl sites for hydroxylation is 1. The van der Waals surface area contributed by atoms with Crippen molar-refractivity contribution >= 4 is 29.3 Å². The number of anilines is 1. The number of nitrogens with one attached hydrogen (secondary N) is 1. The molecule has 0 heterocycles. The van der Waals surface area contributed by atoms with Gasteiger partial charge in [-0.05, 0) is 43.3 Å². The van der Waals surface area contributed by atoms with Crippen molar-refractivity contribution in [3.8, 4) is 11.5 Å². The van der Waals surface area contributed by atoms with E-state index in [4.69, 9.17) is 15.2 Å². The van der Waals surface area contributed by atoms with E-state index in [0.29, 0.717) is 29.2 Å². The van der Waals surface area contributed by atoms with Gasteiger partial charge in [-0.25, -0.2) is 0 Å². The van der Waals surface area contributed by atoms with Gasteiger partial charge in [0.2, 0.25) is 5.91 Å². The SMILES string of the molecule is COc1ccc(OC)c(NC(=O)c2ccccc2)c1.Cc1ccc(SC(C)CC(N)=O)cc1. The van der Waals surface area contributed by atoms with E-state index in [0.717, 1.165) is 0 Å². The Labute approximate surface area is 199 Å². The molecule has 0 fully saturated rings. The van der Waals surface area contributed by atoms with Crippen molar-refractivity contribution < 1.29 is 19.1 Å². The van der Waals surface area contributed by atoms with E-state index in [-0.39, 0.29) is 17.1 Å². The second kappa shape index (κ2) is 13.2. The highest BCUT2D eigenvalue weighted by molar-refractivity contribution is 8.00. The number of carbonyl (C=O) groups excluding carboxylic acids is 2. The van der Waals surface area contributed by atoms with Gasteiger partial charge in [0.25, 0.3) is 5.91 Å². The summed E-state index contributed by atoms with van der Waals surface area (Å²) in [5, 5.41) is 3.05. The highest BCUT2D eigenvalue weighted by atomic mass is 32.2. The van der Waals surface area contributed by atoms with E-state index >= 15 is 0 Å². The van der Waals surface area contributed by atoms with Crippen LogP contribution in [0.1, 0.15) is 29.3 Å². The fraction of sp³-hybridized carbons (Fsp3) is 0.231. The molecule has 3 aromatic carbocycles. The Morgan fingerprint density at radius 1 is 0.970 bits per heavy atom. The summed E-state index contributed by atoms with van der Waals surface area (Å²) in [5.74, 6) is 0.818. The fourth-order valence-electron chi connectivity index (χ4n) is 2.87. The Bertz CT molecular complexity index is 1040. The third-order valence-corrected chi connectivity index (χ3v) is 5.65. The van der Waals surface area contributed by atoms with Gasteiger partial charge < -0.3 is 20.5 Å². The van der Waals surface area contributed by atoms with Gasteiger partial charge in [0.05, 0.1) is 19.9 Å². The Kier molecular flexibility index (Phi) is 10.3. The molecule has 0 saturated heterocycles. The standard InChI is InChI=1S/C15H15NO3.C11H15NOS/c1-18-12-8-9-14(19-2)13(10-12)16-15(17)11-6-4-3-5-7-11;1-8-3-5-10(6-4-8)14-9(2)7-11(12)13/h3-10H,1-2H3,(H,16,17);3-6,9H,7H2,1-2H3,(H2,12,13). The lowest BCUT2D eigenvalue weighted by Crippen LogP contribution is -2.15. The van der Waals surface area contributed by atoms with Crippen LogP contribution in [-0.4, -0.2) is 31.3 Å². The molecule has 1 atom stereocenters. The van der Waals surface area contributed by atoms with E-state index in [2.05, 4.69) is 36.5 Å². The average molecular weight is 467 g/mol. The molecule has 2 amide bonds. The number of carbonyl (C=O) groups is 2. The number of rotatable bonds is 8. The molecule has 174 valence electrons. The van der Waals surface area contributed by atoms with Gasteiger partial charge in [-0.2, -0.15) is 0 Å². The van der Waals surface area contributed by atoms with Crippen molar-refractivity contribution in [2.45, 2.75) is 30.4 Å². The second-order valence-electron chi connectivity index (χ2n) is 7.30. The van der Waals surface area contributed by atoms with E-state index in [9.17, 15) is 9.59 Å². The van der Waals surface area contributed by atoms with Crippen LogP contribution in [0.2, 0.25) is 0 Å². The zero-order valence-corrected chi connectivity index (χ0v) is 20.1. The smallest absolute Gasteiger partial charge is 0.255 e. The molecule has 0 aliphatic rings. The normalized spacial score (nSPS) is 10.9. The summed E-state index contributed by atoms with van der Waals surface area (Å²) in [7, 11) is 3.13. The lowest BCUT2D eigenvalue weighted by atomic mass is 10.2. The van der Waals surface area contributed by atoms with Crippen molar-refractivity contribution in [1.29, 1.82) is 0 Å². The van der Waals surface area contributed by atoms with Gasteiger partial charge in [0.1, 0.15) is 11.5 Å². The Morgan fingerprint density at radius 2 is 1.64 bits per heavy atom. The number of benzene rings is 3. The molecular weight excluding hydrogens is 436 g/mol. The van der Waals surface area contributed by atoms with Crippen LogP contribution in [0.15, 0.2) is 77.7 Å². The summed E-state index contributed by atoms with van der Waals surface area (Å²) >= 11 is 1.68. The highest BCUT2D eigenvalue weighted by Crippen LogP contribution is 2.29. The van der Waals surface area contributed by atoms with Crippen LogP contribution in [0.4, 0.5) is 5.69 Å². The molecule has 0 aromatic heterocycles. The van der Waals surface area contributed by atoms with Gasteiger partial charge in [0.15, 0.2) is 0 Å². The van der Waals surface area contributed by atoms with Crippen molar-refractivity contribution in [3.05, 3.63) is 83.9 Å². The number of amides is 2. The van der Waals surface area contributed by atoms with Gasteiger partial charge in [-0.1, -0.05) is 42.8 Å². The fourth-order valence-corrected chi connectivity index (χ4v) is 3.88. The molecule has 3 rings (SSSR count). The van der Waals surface area contributed by atoms with Gasteiger partial charge >= 0.3 is 0 Å². The number of nitrogens with two attached hydrogens (primary N) is 1. The lowest BCUT2D eigenvalue weighted by molar-refractivity contribution is -0.117. The monoisotopic (exact) mass is 466 g/mol. The number of ether oxygens (including phenoxy) is 2. The molecule has 0 aliphatic carbocycles. The summed E-state index contributed by atoms with van der Waals surface area (Å²) in [6, 6.07) is 22.5. The predicted molar refractivity (Wildman–Crippen MR) is 134 cm³/mol. The highest BCUT2D eigenvalue weighted by Gasteiger charge is 2.10. The summed E-state index contributed by atoms with van der Waals surface area (Å²) in [6.07, 6.45) is 0.429. The molecule has 1 unspecified atom stereocenters. The first-order valence-electron chi connectivity index (χ1n) is 10.4. The molecule has 33 heavy (non-hydrogen) atoms. The topological polar surface area (TPSA) is 90.7 Å². The summed E-state index contributed by atoms with van der Waals surface area (Å²) < 4.78 is 10.3. The number of methoxy groups -OCH3 is 2. The third kappa shape index (κ3) is 8.90. The molecule has 0 spiro atoms. The lowest BCUT2D eigenvalue weighted by Gasteiger charge is -2.11. The molecule has 3 aromatic rings. The molecule has 0 saturated carbocycles. The van der Waals surface area contributed by atoms with Crippen LogP contribution in [0.5, 0.6) is 11.5 Å². The predicted octanol–water partition coefficient (Wildman–Crippen LogP) is 5.31. The van der Waals surface area contributed by atoms with Gasteiger partial charge in [0, 0.05) is 28.2 Å². The molecule has 3 N–H and O–H groups in total. The van der Waals surface area contributed by atoms with Crippen molar-refractivity contribution in [2.24, 2.45) is 5.73 Å². The van der Waals surface area contributed by atoms with Crippen LogP contribution in [-0.2, 0) is 4.79 Å². The Balaban J connectivity index is 0.000000245. The van der Waals surface area contributed by atoms with Crippen molar-refractivity contribution in [1.82, 2.24) is 0 Å². The maximum absolute atomic E-state index is 12.1. The Morgan fingerprint density at radius 3 is 2.21 bits per heavy atom. The van der Waals surface area contributed by atoms with Crippen LogP contribution in [0, 0.1) is 6.92 Å². The molecule has 7 heteroatoms. The number of hydrogen-bond acceptors (Lipinski definition) is 5. The summed E-state index contributed by atoms with van der Waals surface area (Å²) in [4.78, 5) is 23.9. The summed E-state index contributed by atoms with van der Waals surface area (Å²) in [5.41, 5.74) is 7.54. The van der Waals surface area contributed by atoms with Crippen LogP contribution >= 0.6 is 11.8 Å². The first-order valence-corrected chi connectivity index (χ1v) is 11.3. The molecule has 6 nitrogen and oxygen atoms in total. The van der Waals surface area contributed by atoms with E-state index in [1.165, 1.54) is 10.5 Å². The molecule has 0 aliphatic heterocycles. The van der Waals surface area contributed by atoms with Gasteiger partial charge in [-0.15, -0.1) is 11.8 Å². The largest absolute Gasteiger partial charge is 0.497 e. The minimum Gasteiger partial charge on any atom is -0.497 e. The maximum atomic E-state index is 12.1. The number of thioether (sulfide) groups is 1. The zero-order chi connectivity index (χ0) is 24.2. The quantitative estimate of drug-likeness (QED) is 0.439. The van der Waals surface area contributed by atoms with Crippen molar-refractivity contribution in [2.75, 3.05) is 19.5 Å². The van der Waals surface area contributed by atoms with Crippen LogP contribution in [0.3, 0.4) is 0 Å². The first-order chi connectivity index (χ1) is 15.8. The minimum atomic E-state index is -0.239. The zero-order valence-electron chi connectivity index (χ0n) is 19.3. The molecular formula is C26H30N2O4S. The number of primary amides is 1. The second-order valence-corrected chi connectivity index (χ2v) is 8.81. The maximum Gasteiger partial charge on any atom is 0.255 e. The van der Waals surface area contributed by atoms with E-state index < -0.39 is 0 Å². The third-order valence-electron chi connectivity index (χ3n) is 4.54. The minimum absolute atomic E-state index is 0.188. The Hall–Kier alpha value is -3.45. The van der Waals surface area contributed by atoms with Crippen LogP contribution < -0.4 is 20.5 Å². The number of hydrogen-bond donors (Lipinski definition) is 2. The first kappa shape index (κ1) is 25.8. The van der Waals surface area contributed by atoms with Crippen LogP contribution in [0.25, 0.3) is 0 Å². The van der Waals surface area contributed by atoms with Gasteiger partial charge in [-0.3, -0.25) is 9.59 Å². The molecule has 0 bridgehead atoms.